The Bertz CT molecular complexity index is 602. The second kappa shape index (κ2) is 3.76. The number of nitrogen functional groups attached to an aromatic ring is 2. The molecule has 0 aliphatic rings. The number of sulfone groups is 1. The first kappa shape index (κ1) is 10.9. The smallest absolute Gasteiger partial charge is 0.233 e. The molecule has 1 aromatic heterocycles. The minimum atomic E-state index is -3.56. The fourth-order valence-corrected chi connectivity index (χ4v) is 3.43. The van der Waals surface area contributed by atoms with Crippen LogP contribution in [0, 0.1) is 0 Å². The summed E-state index contributed by atoms with van der Waals surface area (Å²) in [5, 5.41) is 1.49. The van der Waals surface area contributed by atoms with E-state index in [-0.39, 0.29) is 15.1 Å². The van der Waals surface area contributed by atoms with Crippen molar-refractivity contribution in [2.24, 2.45) is 0 Å². The van der Waals surface area contributed by atoms with Gasteiger partial charge < -0.3 is 11.5 Å². The summed E-state index contributed by atoms with van der Waals surface area (Å²) < 4.78 is 24.0. The molecule has 0 aliphatic heterocycles. The van der Waals surface area contributed by atoms with Gasteiger partial charge in [-0.25, -0.2) is 13.4 Å². The van der Waals surface area contributed by atoms with Crippen LogP contribution >= 0.6 is 11.3 Å². The second-order valence-corrected chi connectivity index (χ2v) is 6.09. The number of nitrogens with two attached hydrogens (primary N) is 2. The number of aromatic nitrogens is 1. The van der Waals surface area contributed by atoms with Crippen molar-refractivity contribution >= 4 is 32.7 Å². The molecule has 1 aromatic carbocycles. The van der Waals surface area contributed by atoms with Crippen LogP contribution < -0.4 is 11.5 Å². The standard InChI is InChI=1S/C9H9N3O2S2/c10-6-1-3-7(4-2-6)16(13,14)9-12-8(11)5-15-9/h1-5H,10-11H2. The van der Waals surface area contributed by atoms with Crippen molar-refractivity contribution in [3.05, 3.63) is 29.6 Å². The lowest BCUT2D eigenvalue weighted by atomic mass is 10.3. The van der Waals surface area contributed by atoms with Gasteiger partial charge in [-0.1, -0.05) is 0 Å². The zero-order valence-electron chi connectivity index (χ0n) is 8.12. The number of thiazole rings is 1. The summed E-state index contributed by atoms with van der Waals surface area (Å²) in [6, 6.07) is 5.96. The van der Waals surface area contributed by atoms with Gasteiger partial charge in [0.05, 0.1) is 4.90 Å². The maximum atomic E-state index is 12.0. The van der Waals surface area contributed by atoms with E-state index in [0.29, 0.717) is 5.69 Å². The Labute approximate surface area is 96.7 Å². The maximum Gasteiger partial charge on any atom is 0.233 e. The minimum absolute atomic E-state index is 0.00484. The topological polar surface area (TPSA) is 99.1 Å². The molecule has 0 radical (unpaired) electrons. The number of hydrogen-bond acceptors (Lipinski definition) is 6. The van der Waals surface area contributed by atoms with Crippen LogP contribution in [0.4, 0.5) is 11.5 Å². The zero-order chi connectivity index (χ0) is 11.8. The number of benzene rings is 1. The van der Waals surface area contributed by atoms with Crippen LogP contribution in [0.15, 0.2) is 38.9 Å². The van der Waals surface area contributed by atoms with Crippen LogP contribution in [0.3, 0.4) is 0 Å². The number of rotatable bonds is 2. The van der Waals surface area contributed by atoms with E-state index in [1.165, 1.54) is 29.6 Å². The van der Waals surface area contributed by atoms with Gasteiger partial charge in [0, 0.05) is 11.1 Å². The Morgan fingerprint density at radius 3 is 2.25 bits per heavy atom. The molecule has 0 aliphatic carbocycles. The second-order valence-electron chi connectivity index (χ2n) is 3.11. The largest absolute Gasteiger partial charge is 0.399 e. The quantitative estimate of drug-likeness (QED) is 0.784. The molecule has 0 bridgehead atoms. The van der Waals surface area contributed by atoms with Crippen molar-refractivity contribution in [2.75, 3.05) is 11.5 Å². The Morgan fingerprint density at radius 1 is 1.12 bits per heavy atom. The summed E-state index contributed by atoms with van der Waals surface area (Å²) in [6.45, 7) is 0. The molecule has 0 fully saturated rings. The van der Waals surface area contributed by atoms with Crippen LogP contribution in [-0.4, -0.2) is 13.4 Å². The molecular formula is C9H9N3O2S2. The predicted octanol–water partition coefficient (Wildman–Crippen LogP) is 1.14. The normalized spacial score (nSPS) is 11.5. The Kier molecular flexibility index (Phi) is 2.56. The predicted molar refractivity (Wildman–Crippen MR) is 62.8 cm³/mol. The molecule has 84 valence electrons. The third kappa shape index (κ3) is 1.86. The van der Waals surface area contributed by atoms with E-state index in [1.807, 2.05) is 0 Å². The van der Waals surface area contributed by atoms with Gasteiger partial charge >= 0.3 is 0 Å². The monoisotopic (exact) mass is 255 g/mol. The highest BCUT2D eigenvalue weighted by molar-refractivity contribution is 7.93. The van der Waals surface area contributed by atoms with Crippen LogP contribution in [0.25, 0.3) is 0 Å². The average molecular weight is 255 g/mol. The summed E-state index contributed by atoms with van der Waals surface area (Å²) in [5.41, 5.74) is 11.4. The maximum absolute atomic E-state index is 12.0. The first-order valence-electron chi connectivity index (χ1n) is 4.32. The van der Waals surface area contributed by atoms with Gasteiger partial charge in [0.2, 0.25) is 14.2 Å². The Balaban J connectivity index is 2.51. The molecule has 0 spiro atoms. The zero-order valence-corrected chi connectivity index (χ0v) is 9.75. The van der Waals surface area contributed by atoms with E-state index in [4.69, 9.17) is 11.5 Å². The van der Waals surface area contributed by atoms with Gasteiger partial charge in [0.25, 0.3) is 0 Å². The fraction of sp³-hybridized carbons (Fsp3) is 0. The Morgan fingerprint density at radius 2 is 1.75 bits per heavy atom. The van der Waals surface area contributed by atoms with Gasteiger partial charge in [-0.05, 0) is 24.3 Å². The first-order valence-corrected chi connectivity index (χ1v) is 6.68. The van der Waals surface area contributed by atoms with Gasteiger partial charge in [-0.2, -0.15) is 0 Å². The van der Waals surface area contributed by atoms with Gasteiger partial charge in [-0.3, -0.25) is 0 Å². The first-order chi connectivity index (χ1) is 7.50. The third-order valence-corrected chi connectivity index (χ3v) is 4.96. The third-order valence-electron chi connectivity index (χ3n) is 1.92. The lowest BCUT2D eigenvalue weighted by Crippen LogP contribution is -2.02. The fourth-order valence-electron chi connectivity index (χ4n) is 1.14. The molecule has 0 amide bonds. The molecule has 4 N–H and O–H groups in total. The molecule has 2 aromatic rings. The lowest BCUT2D eigenvalue weighted by Gasteiger charge is -2.00. The highest BCUT2D eigenvalue weighted by Gasteiger charge is 2.20. The van der Waals surface area contributed by atoms with Crippen molar-refractivity contribution in [3.8, 4) is 0 Å². The van der Waals surface area contributed by atoms with Gasteiger partial charge in [0.1, 0.15) is 5.82 Å². The highest BCUT2D eigenvalue weighted by atomic mass is 32.2. The molecule has 1 heterocycles. The van der Waals surface area contributed by atoms with Gasteiger partial charge in [-0.15, -0.1) is 11.3 Å². The van der Waals surface area contributed by atoms with Crippen molar-refractivity contribution < 1.29 is 8.42 Å². The number of anilines is 2. The summed E-state index contributed by atoms with van der Waals surface area (Å²) >= 11 is 1.00. The molecule has 2 rings (SSSR count). The molecule has 0 atom stereocenters. The van der Waals surface area contributed by atoms with Crippen molar-refractivity contribution in [3.63, 3.8) is 0 Å². The van der Waals surface area contributed by atoms with E-state index in [9.17, 15) is 8.42 Å². The summed E-state index contributed by atoms with van der Waals surface area (Å²) in [6.07, 6.45) is 0. The van der Waals surface area contributed by atoms with E-state index in [2.05, 4.69) is 4.98 Å². The average Bonchev–Trinajstić information content (AvgIpc) is 2.66. The van der Waals surface area contributed by atoms with Crippen molar-refractivity contribution in [2.45, 2.75) is 9.24 Å². The van der Waals surface area contributed by atoms with Crippen LogP contribution in [0.5, 0.6) is 0 Å². The molecule has 7 heteroatoms. The van der Waals surface area contributed by atoms with Gasteiger partial charge in [0.15, 0.2) is 0 Å². The molecule has 0 saturated carbocycles. The van der Waals surface area contributed by atoms with Crippen LogP contribution in [0.2, 0.25) is 0 Å². The van der Waals surface area contributed by atoms with Crippen LogP contribution in [-0.2, 0) is 9.84 Å². The molecular weight excluding hydrogens is 246 g/mol. The summed E-state index contributed by atoms with van der Waals surface area (Å²) in [7, 11) is -3.56. The van der Waals surface area contributed by atoms with E-state index < -0.39 is 9.84 Å². The lowest BCUT2D eigenvalue weighted by molar-refractivity contribution is 0.595. The molecule has 0 saturated heterocycles. The Hall–Kier alpha value is -1.60. The molecule has 5 nitrogen and oxygen atoms in total. The van der Waals surface area contributed by atoms with E-state index in [0.717, 1.165) is 11.3 Å². The van der Waals surface area contributed by atoms with E-state index >= 15 is 0 Å². The molecule has 16 heavy (non-hydrogen) atoms. The summed E-state index contributed by atoms with van der Waals surface area (Å²) in [4.78, 5) is 3.92. The van der Waals surface area contributed by atoms with Crippen molar-refractivity contribution in [1.29, 1.82) is 0 Å². The minimum Gasteiger partial charge on any atom is -0.399 e. The summed E-state index contributed by atoms with van der Waals surface area (Å²) in [5.74, 6) is 0.207. The van der Waals surface area contributed by atoms with E-state index in [1.54, 1.807) is 0 Å². The van der Waals surface area contributed by atoms with Crippen molar-refractivity contribution in [1.82, 2.24) is 4.98 Å². The number of nitrogens with zero attached hydrogens (tertiary/aromatic N) is 1. The SMILES string of the molecule is Nc1ccc(S(=O)(=O)c2nc(N)cs2)cc1. The molecule has 0 unspecified atom stereocenters. The number of hydrogen-bond donors (Lipinski definition) is 2. The van der Waals surface area contributed by atoms with Crippen LogP contribution in [0.1, 0.15) is 0 Å². The highest BCUT2D eigenvalue weighted by Crippen LogP contribution is 2.25.